The number of nitrogens with one attached hydrogen (secondary N) is 2. The zero-order valence-corrected chi connectivity index (χ0v) is 13.7. The summed E-state index contributed by atoms with van der Waals surface area (Å²) in [6, 6.07) is 13.5. The summed E-state index contributed by atoms with van der Waals surface area (Å²) in [6.07, 6.45) is 1.45. The van der Waals surface area contributed by atoms with Crippen LogP contribution >= 0.6 is 0 Å². The van der Waals surface area contributed by atoms with Crippen molar-refractivity contribution in [1.29, 1.82) is 0 Å². The van der Waals surface area contributed by atoms with Crippen LogP contribution in [-0.4, -0.2) is 10.5 Å². The highest BCUT2D eigenvalue weighted by atomic mass is 16.3. The van der Waals surface area contributed by atoms with Crippen molar-refractivity contribution in [2.75, 3.05) is 5.32 Å². The second kappa shape index (κ2) is 5.60. The molecule has 1 amide bonds. The Balaban J connectivity index is 1.67. The van der Waals surface area contributed by atoms with E-state index in [0.717, 1.165) is 28.4 Å². The maximum Gasteiger partial charge on any atom is 0.255 e. The largest absolute Gasteiger partial charge is 0.467 e. The van der Waals surface area contributed by atoms with Gasteiger partial charge < -0.3 is 19.6 Å². The van der Waals surface area contributed by atoms with E-state index < -0.39 is 0 Å². The van der Waals surface area contributed by atoms with Gasteiger partial charge in [0.25, 0.3) is 5.91 Å². The lowest BCUT2D eigenvalue weighted by Gasteiger charge is -2.28. The van der Waals surface area contributed by atoms with E-state index in [1.807, 2.05) is 36.4 Å². The molecule has 1 aliphatic heterocycles. The predicted octanol–water partition coefficient (Wildman–Crippen LogP) is 3.60. The molecule has 4 rings (SSSR count). The van der Waals surface area contributed by atoms with Gasteiger partial charge in [-0.05, 0) is 44.2 Å². The van der Waals surface area contributed by atoms with Crippen molar-refractivity contribution in [3.05, 3.63) is 77.0 Å². The summed E-state index contributed by atoms with van der Waals surface area (Å²) in [5.41, 5.74) is 4.86. The van der Waals surface area contributed by atoms with Gasteiger partial charge in [0.2, 0.25) is 0 Å². The molecule has 0 aliphatic carbocycles. The molecule has 0 unspecified atom stereocenters. The van der Waals surface area contributed by atoms with Gasteiger partial charge in [-0.25, -0.2) is 0 Å². The Morgan fingerprint density at radius 1 is 1.12 bits per heavy atom. The molecule has 5 heteroatoms. The first-order valence-corrected chi connectivity index (χ1v) is 7.99. The van der Waals surface area contributed by atoms with Crippen LogP contribution in [0.1, 0.15) is 39.2 Å². The number of aryl methyl sites for hydroxylation is 1. The first-order valence-electron chi connectivity index (χ1n) is 7.99. The molecule has 1 aromatic carbocycles. The van der Waals surface area contributed by atoms with Crippen molar-refractivity contribution in [2.45, 2.75) is 26.6 Å². The molecule has 0 fully saturated rings. The minimum absolute atomic E-state index is 0.0508. The van der Waals surface area contributed by atoms with Crippen molar-refractivity contribution in [3.8, 4) is 0 Å². The number of benzene rings is 1. The van der Waals surface area contributed by atoms with Gasteiger partial charge in [-0.1, -0.05) is 12.1 Å². The molecular formula is C19H19N3O2. The maximum absolute atomic E-state index is 12.4. The van der Waals surface area contributed by atoms with Crippen LogP contribution in [0.2, 0.25) is 0 Å². The van der Waals surface area contributed by atoms with Gasteiger partial charge in [-0.15, -0.1) is 0 Å². The molecule has 5 nitrogen and oxygen atoms in total. The fourth-order valence-corrected chi connectivity index (χ4v) is 3.28. The van der Waals surface area contributed by atoms with Crippen LogP contribution < -0.4 is 10.6 Å². The van der Waals surface area contributed by atoms with E-state index in [9.17, 15) is 4.79 Å². The molecule has 2 aromatic heterocycles. The third-order valence-corrected chi connectivity index (χ3v) is 4.56. The summed E-state index contributed by atoms with van der Waals surface area (Å²) in [5, 5.41) is 6.46. The van der Waals surface area contributed by atoms with E-state index in [0.29, 0.717) is 12.1 Å². The number of fused-ring (bicyclic) bond motifs is 1. The van der Waals surface area contributed by atoms with Crippen LogP contribution in [0.15, 0.2) is 53.1 Å². The van der Waals surface area contributed by atoms with Gasteiger partial charge in [0.15, 0.2) is 0 Å². The molecular weight excluding hydrogens is 302 g/mol. The van der Waals surface area contributed by atoms with Crippen LogP contribution in [0, 0.1) is 13.8 Å². The number of hydrogen-bond donors (Lipinski definition) is 2. The third kappa shape index (κ3) is 2.38. The van der Waals surface area contributed by atoms with Crippen LogP contribution in [0.4, 0.5) is 5.69 Å². The van der Waals surface area contributed by atoms with Crippen molar-refractivity contribution in [3.63, 3.8) is 0 Å². The second-order valence-electron chi connectivity index (χ2n) is 6.09. The molecule has 0 radical (unpaired) electrons. The van der Waals surface area contributed by atoms with E-state index in [4.69, 9.17) is 4.42 Å². The lowest BCUT2D eigenvalue weighted by molar-refractivity contribution is 0.0935. The third-order valence-electron chi connectivity index (χ3n) is 4.56. The fourth-order valence-electron chi connectivity index (χ4n) is 3.28. The Labute approximate surface area is 140 Å². The van der Waals surface area contributed by atoms with Crippen molar-refractivity contribution < 1.29 is 9.21 Å². The SMILES string of the molecule is Cc1cc([C@H]2NC(=O)c3ccccc3N2)c(C)n1Cc1ccco1. The smallest absolute Gasteiger partial charge is 0.255 e. The van der Waals surface area contributed by atoms with Crippen LogP contribution in [0.5, 0.6) is 0 Å². The molecule has 1 aliphatic rings. The number of carbonyl (C=O) groups is 1. The molecule has 0 saturated heterocycles. The van der Waals surface area contributed by atoms with E-state index in [1.54, 1.807) is 6.26 Å². The average molecular weight is 321 g/mol. The molecule has 0 saturated carbocycles. The molecule has 1 atom stereocenters. The number of aromatic nitrogens is 1. The number of amides is 1. The maximum atomic E-state index is 12.4. The summed E-state index contributed by atoms with van der Waals surface area (Å²) in [6.45, 7) is 4.82. The molecule has 122 valence electrons. The molecule has 0 spiro atoms. The Kier molecular flexibility index (Phi) is 3.41. The first-order chi connectivity index (χ1) is 11.6. The summed E-state index contributed by atoms with van der Waals surface area (Å²) < 4.78 is 7.66. The number of carbonyl (C=O) groups excluding carboxylic acids is 1. The number of hydrogen-bond acceptors (Lipinski definition) is 3. The molecule has 3 heterocycles. The Morgan fingerprint density at radius 3 is 2.75 bits per heavy atom. The number of furan rings is 1. The summed E-state index contributed by atoms with van der Waals surface area (Å²) in [7, 11) is 0. The van der Waals surface area contributed by atoms with Gasteiger partial charge in [-0.3, -0.25) is 4.79 Å². The minimum Gasteiger partial charge on any atom is -0.467 e. The van der Waals surface area contributed by atoms with Gasteiger partial charge in [0.05, 0.1) is 18.4 Å². The standard InChI is InChI=1S/C19H19N3O2/c1-12-10-16(13(2)22(12)11-14-6-5-9-24-14)18-20-17-8-4-3-7-15(17)19(23)21-18/h3-10,18,20H,11H2,1-2H3,(H,21,23)/t18-/m1/s1. The first kappa shape index (κ1) is 14.6. The summed E-state index contributed by atoms with van der Waals surface area (Å²) in [5.74, 6) is 0.861. The predicted molar refractivity (Wildman–Crippen MR) is 92.0 cm³/mol. The monoisotopic (exact) mass is 321 g/mol. The Bertz CT molecular complexity index is 893. The van der Waals surface area contributed by atoms with E-state index >= 15 is 0 Å². The van der Waals surface area contributed by atoms with Gasteiger partial charge >= 0.3 is 0 Å². The number of nitrogens with zero attached hydrogens (tertiary/aromatic N) is 1. The van der Waals surface area contributed by atoms with Crippen molar-refractivity contribution in [2.24, 2.45) is 0 Å². The zero-order chi connectivity index (χ0) is 16.7. The topological polar surface area (TPSA) is 59.2 Å². The molecule has 24 heavy (non-hydrogen) atoms. The van der Waals surface area contributed by atoms with E-state index in [1.165, 1.54) is 0 Å². The van der Waals surface area contributed by atoms with Crippen molar-refractivity contribution >= 4 is 11.6 Å². The van der Waals surface area contributed by atoms with Crippen LogP contribution in [0.3, 0.4) is 0 Å². The van der Waals surface area contributed by atoms with Gasteiger partial charge in [0, 0.05) is 22.6 Å². The summed E-state index contributed by atoms with van der Waals surface area (Å²) in [4.78, 5) is 12.4. The summed E-state index contributed by atoms with van der Waals surface area (Å²) >= 11 is 0. The highest BCUT2D eigenvalue weighted by Gasteiger charge is 2.27. The molecule has 3 aromatic rings. The second-order valence-corrected chi connectivity index (χ2v) is 6.09. The van der Waals surface area contributed by atoms with E-state index in [2.05, 4.69) is 35.1 Å². The van der Waals surface area contributed by atoms with Crippen LogP contribution in [-0.2, 0) is 6.54 Å². The zero-order valence-electron chi connectivity index (χ0n) is 13.7. The number of rotatable bonds is 3. The molecule has 2 N–H and O–H groups in total. The highest BCUT2D eigenvalue weighted by molar-refractivity contribution is 6.01. The number of para-hydroxylation sites is 1. The fraction of sp³-hybridized carbons (Fsp3) is 0.211. The lowest BCUT2D eigenvalue weighted by atomic mass is 10.1. The average Bonchev–Trinajstić information content (AvgIpc) is 3.18. The Hall–Kier alpha value is -2.95. The normalized spacial score (nSPS) is 16.4. The lowest BCUT2D eigenvalue weighted by Crippen LogP contribution is -2.38. The minimum atomic E-state index is -0.232. The van der Waals surface area contributed by atoms with Crippen LogP contribution in [0.25, 0.3) is 0 Å². The quantitative estimate of drug-likeness (QED) is 0.775. The van der Waals surface area contributed by atoms with Gasteiger partial charge in [0.1, 0.15) is 11.9 Å². The van der Waals surface area contributed by atoms with Gasteiger partial charge in [-0.2, -0.15) is 0 Å². The molecule has 0 bridgehead atoms. The Morgan fingerprint density at radius 2 is 1.96 bits per heavy atom. The number of anilines is 1. The highest BCUT2D eigenvalue weighted by Crippen LogP contribution is 2.29. The van der Waals surface area contributed by atoms with E-state index in [-0.39, 0.29) is 12.1 Å². The van der Waals surface area contributed by atoms with Crippen molar-refractivity contribution in [1.82, 2.24) is 9.88 Å².